The molecule has 18 heavy (non-hydrogen) atoms. The minimum Gasteiger partial charge on any atom is -0.454 e. The normalized spacial score (nSPS) is 15.7. The zero-order chi connectivity index (χ0) is 11.5. The predicted molar refractivity (Wildman–Crippen MR) is 71.8 cm³/mol. The van der Waals surface area contributed by atoms with Gasteiger partial charge in [0.25, 0.3) is 0 Å². The van der Waals surface area contributed by atoms with Crippen LogP contribution in [0.25, 0.3) is 0 Å². The molecule has 6 heteroatoms. The topological polar surface area (TPSA) is 54.9 Å². The average molecular weight is 270 g/mol. The second-order valence-corrected chi connectivity index (χ2v) is 4.02. The Morgan fingerprint density at radius 2 is 2.17 bits per heavy atom. The summed E-state index contributed by atoms with van der Waals surface area (Å²) >= 11 is 0. The highest BCUT2D eigenvalue weighted by Crippen LogP contribution is 2.32. The molecule has 5 nitrogen and oxygen atoms in total. The number of nitrogens with zero attached hydrogens (tertiary/aromatic N) is 1. The number of fused-ring (bicyclic) bond motifs is 1. The molecule has 1 aromatic carbocycles. The third-order valence-electron chi connectivity index (χ3n) is 2.82. The van der Waals surface area contributed by atoms with Crippen LogP contribution in [0.15, 0.2) is 23.2 Å². The molecule has 0 amide bonds. The lowest BCUT2D eigenvalue weighted by Gasteiger charge is -2.06. The lowest BCUT2D eigenvalue weighted by molar-refractivity contribution is 0.174. The fourth-order valence-electron chi connectivity index (χ4n) is 1.94. The molecule has 98 valence electrons. The number of nitrogens with one attached hydrogen (secondary N) is 2. The number of ether oxygens (including phenoxy) is 2. The summed E-state index contributed by atoms with van der Waals surface area (Å²) in [6, 6.07) is 6.07. The predicted octanol–water partition coefficient (Wildman–Crippen LogP) is 0.928. The maximum absolute atomic E-state index is 5.34. The molecule has 0 unspecified atom stereocenters. The Kier molecular flexibility index (Phi) is 4.15. The van der Waals surface area contributed by atoms with E-state index in [2.05, 4.69) is 21.7 Å². The Bertz CT molecular complexity index is 451. The monoisotopic (exact) mass is 269 g/mol. The minimum absolute atomic E-state index is 0. The maximum atomic E-state index is 5.34. The molecular weight excluding hydrogens is 254 g/mol. The Hall–Kier alpha value is -1.62. The van der Waals surface area contributed by atoms with Gasteiger partial charge in [0.1, 0.15) is 0 Å². The summed E-state index contributed by atoms with van der Waals surface area (Å²) in [5, 5.41) is 6.44. The summed E-state index contributed by atoms with van der Waals surface area (Å²) in [5.41, 5.74) is 1.24. The van der Waals surface area contributed by atoms with Crippen molar-refractivity contribution in [2.24, 2.45) is 4.99 Å². The number of aliphatic imine (C=N–C) groups is 1. The van der Waals surface area contributed by atoms with Crippen molar-refractivity contribution in [3.05, 3.63) is 23.8 Å². The average Bonchev–Trinajstić information content (AvgIpc) is 2.98. The van der Waals surface area contributed by atoms with Crippen molar-refractivity contribution in [2.75, 3.05) is 26.4 Å². The first kappa shape index (κ1) is 12.8. The van der Waals surface area contributed by atoms with Crippen LogP contribution in [-0.2, 0) is 6.42 Å². The van der Waals surface area contributed by atoms with Gasteiger partial charge in [-0.15, -0.1) is 12.4 Å². The molecule has 2 aliphatic rings. The largest absolute Gasteiger partial charge is 0.454 e. The molecule has 2 heterocycles. The number of rotatable bonds is 3. The highest BCUT2D eigenvalue weighted by Gasteiger charge is 2.13. The zero-order valence-corrected chi connectivity index (χ0v) is 10.8. The Labute approximate surface area is 112 Å². The van der Waals surface area contributed by atoms with Crippen LogP contribution in [0, 0.1) is 0 Å². The van der Waals surface area contributed by atoms with Gasteiger partial charge in [0.15, 0.2) is 17.5 Å². The highest BCUT2D eigenvalue weighted by atomic mass is 35.5. The van der Waals surface area contributed by atoms with E-state index in [1.165, 1.54) is 5.56 Å². The van der Waals surface area contributed by atoms with Gasteiger partial charge in [-0.3, -0.25) is 4.99 Å². The number of hydrogen-bond acceptors (Lipinski definition) is 5. The summed E-state index contributed by atoms with van der Waals surface area (Å²) in [6.45, 7) is 3.00. The first-order chi connectivity index (χ1) is 8.42. The third-order valence-corrected chi connectivity index (χ3v) is 2.82. The van der Waals surface area contributed by atoms with Crippen molar-refractivity contribution in [1.29, 1.82) is 0 Å². The van der Waals surface area contributed by atoms with Crippen molar-refractivity contribution in [3.8, 4) is 11.5 Å². The van der Waals surface area contributed by atoms with Crippen LogP contribution in [0.3, 0.4) is 0 Å². The SMILES string of the molecule is Cl.c1cc2c(cc1CCNC1=NCCN1)OCO2. The van der Waals surface area contributed by atoms with Crippen LogP contribution in [0.2, 0.25) is 0 Å². The van der Waals surface area contributed by atoms with Gasteiger partial charge in [-0.25, -0.2) is 0 Å². The third kappa shape index (κ3) is 2.79. The quantitative estimate of drug-likeness (QED) is 0.857. The van der Waals surface area contributed by atoms with Crippen molar-refractivity contribution >= 4 is 18.4 Å². The summed E-state index contributed by atoms with van der Waals surface area (Å²) in [5.74, 6) is 2.59. The van der Waals surface area contributed by atoms with Crippen LogP contribution in [0.1, 0.15) is 5.56 Å². The number of halogens is 1. The van der Waals surface area contributed by atoms with E-state index < -0.39 is 0 Å². The van der Waals surface area contributed by atoms with Gasteiger partial charge in [0.2, 0.25) is 6.79 Å². The minimum atomic E-state index is 0. The van der Waals surface area contributed by atoms with E-state index in [1.54, 1.807) is 0 Å². The van der Waals surface area contributed by atoms with Gasteiger partial charge in [0.05, 0.1) is 6.54 Å². The summed E-state index contributed by atoms with van der Waals surface area (Å²) in [4.78, 5) is 4.27. The lowest BCUT2D eigenvalue weighted by Crippen LogP contribution is -2.34. The van der Waals surface area contributed by atoms with Crippen molar-refractivity contribution in [1.82, 2.24) is 10.6 Å². The first-order valence-electron chi connectivity index (χ1n) is 5.82. The smallest absolute Gasteiger partial charge is 0.231 e. The van der Waals surface area contributed by atoms with Gasteiger partial charge in [-0.05, 0) is 24.1 Å². The molecule has 0 radical (unpaired) electrons. The first-order valence-corrected chi connectivity index (χ1v) is 5.82. The van der Waals surface area contributed by atoms with Gasteiger partial charge in [0, 0.05) is 13.1 Å². The maximum Gasteiger partial charge on any atom is 0.231 e. The molecule has 3 rings (SSSR count). The molecule has 0 saturated heterocycles. The van der Waals surface area contributed by atoms with Gasteiger partial charge in [-0.1, -0.05) is 6.07 Å². The highest BCUT2D eigenvalue weighted by molar-refractivity contribution is 5.85. The van der Waals surface area contributed by atoms with Crippen LogP contribution in [-0.4, -0.2) is 32.4 Å². The molecule has 2 aliphatic heterocycles. The van der Waals surface area contributed by atoms with E-state index in [0.717, 1.165) is 43.5 Å². The van der Waals surface area contributed by atoms with Crippen molar-refractivity contribution < 1.29 is 9.47 Å². The van der Waals surface area contributed by atoms with E-state index in [0.29, 0.717) is 6.79 Å². The van der Waals surface area contributed by atoms with E-state index in [-0.39, 0.29) is 12.4 Å². The fourth-order valence-corrected chi connectivity index (χ4v) is 1.94. The Morgan fingerprint density at radius 3 is 3.00 bits per heavy atom. The summed E-state index contributed by atoms with van der Waals surface area (Å²) < 4.78 is 10.6. The number of benzene rings is 1. The van der Waals surface area contributed by atoms with Crippen LogP contribution in [0.4, 0.5) is 0 Å². The molecule has 2 N–H and O–H groups in total. The van der Waals surface area contributed by atoms with E-state index in [9.17, 15) is 0 Å². The molecule has 0 atom stereocenters. The van der Waals surface area contributed by atoms with E-state index >= 15 is 0 Å². The van der Waals surface area contributed by atoms with Crippen molar-refractivity contribution in [3.63, 3.8) is 0 Å². The van der Waals surface area contributed by atoms with Crippen LogP contribution in [0.5, 0.6) is 11.5 Å². The van der Waals surface area contributed by atoms with Crippen LogP contribution < -0.4 is 20.1 Å². The van der Waals surface area contributed by atoms with Gasteiger partial charge < -0.3 is 20.1 Å². The molecule has 0 saturated carbocycles. The van der Waals surface area contributed by atoms with Gasteiger partial charge in [-0.2, -0.15) is 0 Å². The second kappa shape index (κ2) is 5.82. The number of hydrogen-bond donors (Lipinski definition) is 2. The lowest BCUT2D eigenvalue weighted by atomic mass is 10.1. The molecule has 0 aliphatic carbocycles. The second-order valence-electron chi connectivity index (χ2n) is 4.02. The van der Waals surface area contributed by atoms with E-state index in [1.807, 2.05) is 12.1 Å². The molecular formula is C12H16ClN3O2. The molecule has 0 aromatic heterocycles. The Balaban J connectivity index is 0.00000120. The summed E-state index contributed by atoms with van der Waals surface area (Å²) in [7, 11) is 0. The van der Waals surface area contributed by atoms with Crippen LogP contribution >= 0.6 is 12.4 Å². The fraction of sp³-hybridized carbons (Fsp3) is 0.417. The molecule has 0 bridgehead atoms. The number of guanidine groups is 1. The Morgan fingerprint density at radius 1 is 1.28 bits per heavy atom. The molecule has 0 spiro atoms. The standard InChI is InChI=1S/C12H15N3O2.ClH/c1-2-10-11(17-8-16-10)7-9(1)3-4-13-12-14-5-6-15-12;/h1-2,7H,3-6,8H2,(H2,13,14,15);1H. The van der Waals surface area contributed by atoms with Gasteiger partial charge >= 0.3 is 0 Å². The molecule has 0 fully saturated rings. The van der Waals surface area contributed by atoms with Crippen molar-refractivity contribution in [2.45, 2.75) is 6.42 Å². The van der Waals surface area contributed by atoms with E-state index in [4.69, 9.17) is 9.47 Å². The summed E-state index contributed by atoms with van der Waals surface area (Å²) in [6.07, 6.45) is 0.942. The molecule has 1 aromatic rings. The zero-order valence-electron chi connectivity index (χ0n) is 9.94.